The van der Waals surface area contributed by atoms with Crippen LogP contribution in [-0.2, 0) is 22.5 Å². The van der Waals surface area contributed by atoms with E-state index < -0.39 is 0 Å². The average Bonchev–Trinajstić information content (AvgIpc) is 3.29. The number of ether oxygens (including phenoxy) is 1. The van der Waals surface area contributed by atoms with E-state index >= 15 is 0 Å². The number of hydrogen-bond acceptors (Lipinski definition) is 4. The Kier molecular flexibility index (Phi) is 6.23. The van der Waals surface area contributed by atoms with Gasteiger partial charge < -0.3 is 24.8 Å². The highest BCUT2D eigenvalue weighted by atomic mass is 16.5. The summed E-state index contributed by atoms with van der Waals surface area (Å²) >= 11 is 0. The fourth-order valence-corrected chi connectivity index (χ4v) is 4.58. The third-order valence-electron chi connectivity index (χ3n) is 6.25. The van der Waals surface area contributed by atoms with E-state index in [1.54, 1.807) is 0 Å². The van der Waals surface area contributed by atoms with Gasteiger partial charge in [-0.1, -0.05) is 12.1 Å². The Morgan fingerprint density at radius 3 is 2.69 bits per heavy atom. The van der Waals surface area contributed by atoms with Crippen molar-refractivity contribution in [3.8, 4) is 0 Å². The lowest BCUT2D eigenvalue weighted by atomic mass is 9.99. The number of carbonyl (C=O) groups excluding carboxylic acids is 1. The molecule has 0 saturated carbocycles. The van der Waals surface area contributed by atoms with E-state index in [0.717, 1.165) is 64.5 Å². The fourth-order valence-electron chi connectivity index (χ4n) is 4.58. The number of benzene rings is 1. The van der Waals surface area contributed by atoms with E-state index in [0.29, 0.717) is 6.61 Å². The summed E-state index contributed by atoms with van der Waals surface area (Å²) in [6, 6.07) is 6.77. The summed E-state index contributed by atoms with van der Waals surface area (Å²) in [5, 5.41) is 3.51. The van der Waals surface area contributed by atoms with Crippen molar-refractivity contribution in [1.82, 2.24) is 15.1 Å². The Hall–Kier alpha value is -2.28. The number of guanidine groups is 1. The SMILES string of the molecule is CN=C(NCc1ccc2c(c1)CCCN2C)N1CCN(C(=O)C2CCCO2)CC1. The molecule has 0 bridgehead atoms. The van der Waals surface area contributed by atoms with Gasteiger partial charge in [0.15, 0.2) is 5.96 Å². The van der Waals surface area contributed by atoms with E-state index in [-0.39, 0.29) is 12.0 Å². The van der Waals surface area contributed by atoms with Crippen LogP contribution in [0.2, 0.25) is 0 Å². The van der Waals surface area contributed by atoms with E-state index in [4.69, 9.17) is 4.74 Å². The van der Waals surface area contributed by atoms with Crippen molar-refractivity contribution in [2.45, 2.75) is 38.3 Å². The van der Waals surface area contributed by atoms with Crippen molar-refractivity contribution in [1.29, 1.82) is 0 Å². The summed E-state index contributed by atoms with van der Waals surface area (Å²) in [7, 11) is 4.00. The lowest BCUT2D eigenvalue weighted by Crippen LogP contribution is -2.55. The maximum absolute atomic E-state index is 12.5. The van der Waals surface area contributed by atoms with Crippen LogP contribution < -0.4 is 10.2 Å². The highest BCUT2D eigenvalue weighted by Crippen LogP contribution is 2.26. The first-order valence-corrected chi connectivity index (χ1v) is 10.8. The fraction of sp³-hybridized carbons (Fsp3) is 0.636. The van der Waals surface area contributed by atoms with Gasteiger partial charge in [0.2, 0.25) is 0 Å². The van der Waals surface area contributed by atoms with Crippen molar-refractivity contribution in [3.05, 3.63) is 29.3 Å². The Bertz CT molecular complexity index is 752. The van der Waals surface area contributed by atoms with Gasteiger partial charge in [-0.2, -0.15) is 0 Å². The molecule has 0 spiro atoms. The monoisotopic (exact) mass is 399 g/mol. The molecule has 7 nitrogen and oxygen atoms in total. The number of hydrogen-bond donors (Lipinski definition) is 1. The zero-order valence-corrected chi connectivity index (χ0v) is 17.7. The summed E-state index contributed by atoms with van der Waals surface area (Å²) < 4.78 is 5.55. The number of nitrogens with zero attached hydrogens (tertiary/aromatic N) is 4. The summed E-state index contributed by atoms with van der Waals surface area (Å²) in [5.41, 5.74) is 4.08. The van der Waals surface area contributed by atoms with E-state index in [1.165, 1.54) is 23.2 Å². The van der Waals surface area contributed by atoms with E-state index in [2.05, 4.69) is 45.4 Å². The molecule has 1 aromatic rings. The molecule has 7 heteroatoms. The number of piperazine rings is 1. The van der Waals surface area contributed by atoms with E-state index in [9.17, 15) is 4.79 Å². The number of anilines is 1. The highest BCUT2D eigenvalue weighted by molar-refractivity contribution is 5.82. The molecule has 3 heterocycles. The molecule has 29 heavy (non-hydrogen) atoms. The molecule has 0 radical (unpaired) electrons. The van der Waals surface area contributed by atoms with Crippen LogP contribution in [0.4, 0.5) is 5.69 Å². The quantitative estimate of drug-likeness (QED) is 0.616. The number of aryl methyl sites for hydroxylation is 1. The summed E-state index contributed by atoms with van der Waals surface area (Å²) in [6.07, 6.45) is 4.01. The van der Waals surface area contributed by atoms with Crippen LogP contribution in [0.5, 0.6) is 0 Å². The van der Waals surface area contributed by atoms with Gasteiger partial charge in [-0.25, -0.2) is 0 Å². The molecule has 3 aliphatic rings. The molecule has 4 rings (SSSR count). The van der Waals surface area contributed by atoms with Crippen LogP contribution in [0.1, 0.15) is 30.4 Å². The molecule has 2 saturated heterocycles. The molecular weight excluding hydrogens is 366 g/mol. The number of nitrogens with one attached hydrogen (secondary N) is 1. The second-order valence-electron chi connectivity index (χ2n) is 8.20. The van der Waals surface area contributed by atoms with Gasteiger partial charge >= 0.3 is 0 Å². The summed E-state index contributed by atoms with van der Waals surface area (Å²) in [6.45, 7) is 5.67. The smallest absolute Gasteiger partial charge is 0.251 e. The maximum Gasteiger partial charge on any atom is 0.251 e. The van der Waals surface area contributed by atoms with Gasteiger partial charge in [0.25, 0.3) is 5.91 Å². The molecule has 0 aliphatic carbocycles. The molecule has 158 valence electrons. The molecule has 1 amide bonds. The molecule has 1 unspecified atom stereocenters. The number of fused-ring (bicyclic) bond motifs is 1. The highest BCUT2D eigenvalue weighted by Gasteiger charge is 2.30. The Morgan fingerprint density at radius 1 is 1.17 bits per heavy atom. The largest absolute Gasteiger partial charge is 0.374 e. The molecule has 2 fully saturated rings. The second-order valence-corrected chi connectivity index (χ2v) is 8.20. The van der Waals surface area contributed by atoms with Crippen molar-refractivity contribution >= 4 is 17.6 Å². The average molecular weight is 400 g/mol. The maximum atomic E-state index is 12.5. The predicted molar refractivity (Wildman–Crippen MR) is 115 cm³/mol. The van der Waals surface area contributed by atoms with Crippen LogP contribution in [0, 0.1) is 0 Å². The Morgan fingerprint density at radius 2 is 1.97 bits per heavy atom. The minimum Gasteiger partial charge on any atom is -0.374 e. The van der Waals surface area contributed by atoms with Crippen molar-refractivity contribution in [2.24, 2.45) is 4.99 Å². The first-order valence-electron chi connectivity index (χ1n) is 10.8. The number of amides is 1. The minimum absolute atomic E-state index is 0.157. The number of rotatable bonds is 3. The van der Waals surface area contributed by atoms with Gasteiger partial charge in [0.1, 0.15) is 6.10 Å². The molecule has 1 N–H and O–H groups in total. The first kappa shape index (κ1) is 20.0. The molecule has 0 aromatic heterocycles. The lowest BCUT2D eigenvalue weighted by Gasteiger charge is -2.37. The third-order valence-corrected chi connectivity index (χ3v) is 6.25. The second kappa shape index (κ2) is 9.03. The van der Waals surface area contributed by atoms with Crippen LogP contribution in [0.3, 0.4) is 0 Å². The summed E-state index contributed by atoms with van der Waals surface area (Å²) in [5.74, 6) is 1.06. The van der Waals surface area contributed by atoms with Crippen LogP contribution in [0.25, 0.3) is 0 Å². The minimum atomic E-state index is -0.220. The van der Waals surface area contributed by atoms with Gasteiger partial charge in [-0.3, -0.25) is 9.79 Å². The third kappa shape index (κ3) is 4.50. The van der Waals surface area contributed by atoms with Crippen molar-refractivity contribution < 1.29 is 9.53 Å². The lowest BCUT2D eigenvalue weighted by molar-refractivity contribution is -0.142. The Balaban J connectivity index is 1.29. The normalized spacial score (nSPS) is 22.6. The van der Waals surface area contributed by atoms with Gasteiger partial charge in [-0.15, -0.1) is 0 Å². The number of aliphatic imine (C=N–C) groups is 1. The van der Waals surface area contributed by atoms with Crippen LogP contribution in [0.15, 0.2) is 23.2 Å². The standard InChI is InChI=1S/C22H33N5O2/c1-23-22(24-16-17-7-8-19-18(15-17)5-3-9-25(19)2)27-12-10-26(11-13-27)21(28)20-6-4-14-29-20/h7-8,15,20H,3-6,9-14,16H2,1-2H3,(H,23,24). The van der Waals surface area contributed by atoms with E-state index in [1.807, 2.05) is 11.9 Å². The molecule has 3 aliphatic heterocycles. The first-order chi connectivity index (χ1) is 14.2. The van der Waals surface area contributed by atoms with Crippen LogP contribution >= 0.6 is 0 Å². The molecule has 1 aromatic carbocycles. The van der Waals surface area contributed by atoms with Gasteiger partial charge in [-0.05, 0) is 42.9 Å². The van der Waals surface area contributed by atoms with Gasteiger partial charge in [0.05, 0.1) is 0 Å². The Labute approximate surface area is 173 Å². The summed E-state index contributed by atoms with van der Waals surface area (Å²) in [4.78, 5) is 23.5. The number of carbonyl (C=O) groups is 1. The van der Waals surface area contributed by atoms with Crippen molar-refractivity contribution in [2.75, 3.05) is 58.3 Å². The van der Waals surface area contributed by atoms with Crippen molar-refractivity contribution in [3.63, 3.8) is 0 Å². The van der Waals surface area contributed by atoms with Crippen LogP contribution in [-0.4, -0.2) is 81.2 Å². The molecule has 1 atom stereocenters. The zero-order valence-electron chi connectivity index (χ0n) is 17.7. The predicted octanol–water partition coefficient (Wildman–Crippen LogP) is 1.47. The molecular formula is C22H33N5O2. The zero-order chi connectivity index (χ0) is 20.2. The van der Waals surface area contributed by atoms with Gasteiger partial charge in [0, 0.05) is 65.7 Å². The topological polar surface area (TPSA) is 60.4 Å².